The van der Waals surface area contributed by atoms with Gasteiger partial charge in [-0.1, -0.05) is 13.8 Å². The first-order valence-corrected chi connectivity index (χ1v) is 6.99. The molecular weight excluding hydrogens is 268 g/mol. The standard InChI is InChI=1S/C16H22N2O3/c1-5-20-13-6-8-14(9-7-13)21-10-15(19)18-16(4,11-17)12(2)3/h6-9,12H,5,10H2,1-4H3,(H,18,19). The molecule has 0 heterocycles. The maximum absolute atomic E-state index is 11.9. The average Bonchev–Trinajstić information content (AvgIpc) is 2.46. The summed E-state index contributed by atoms with van der Waals surface area (Å²) in [5.41, 5.74) is -0.890. The van der Waals surface area contributed by atoms with E-state index in [4.69, 9.17) is 14.7 Å². The van der Waals surface area contributed by atoms with Crippen molar-refractivity contribution >= 4 is 5.91 Å². The van der Waals surface area contributed by atoms with E-state index in [1.165, 1.54) is 0 Å². The number of carbonyl (C=O) groups excluding carboxylic acids is 1. The van der Waals surface area contributed by atoms with Crippen molar-refractivity contribution in [2.45, 2.75) is 33.2 Å². The maximum atomic E-state index is 11.9. The predicted octanol–water partition coefficient (Wildman–Crippen LogP) is 2.52. The van der Waals surface area contributed by atoms with Crippen molar-refractivity contribution in [2.75, 3.05) is 13.2 Å². The van der Waals surface area contributed by atoms with Gasteiger partial charge < -0.3 is 14.8 Å². The fourth-order valence-electron chi connectivity index (χ4n) is 1.57. The number of nitrogens with one attached hydrogen (secondary N) is 1. The van der Waals surface area contributed by atoms with Crippen molar-refractivity contribution < 1.29 is 14.3 Å². The molecule has 1 aromatic carbocycles. The van der Waals surface area contributed by atoms with Crippen LogP contribution in [0.2, 0.25) is 0 Å². The Morgan fingerprint density at radius 3 is 2.24 bits per heavy atom. The fourth-order valence-corrected chi connectivity index (χ4v) is 1.57. The first kappa shape index (κ1) is 16.8. The van der Waals surface area contributed by atoms with E-state index in [9.17, 15) is 4.79 Å². The number of carbonyl (C=O) groups is 1. The molecule has 1 rings (SSSR count). The van der Waals surface area contributed by atoms with Crippen molar-refractivity contribution in [2.24, 2.45) is 5.92 Å². The number of ether oxygens (including phenoxy) is 2. The lowest BCUT2D eigenvalue weighted by Crippen LogP contribution is -2.50. The molecule has 1 atom stereocenters. The van der Waals surface area contributed by atoms with Crippen LogP contribution in [0.1, 0.15) is 27.7 Å². The Morgan fingerprint density at radius 2 is 1.81 bits per heavy atom. The van der Waals surface area contributed by atoms with Gasteiger partial charge >= 0.3 is 0 Å². The van der Waals surface area contributed by atoms with Gasteiger partial charge in [0.1, 0.15) is 17.0 Å². The molecule has 0 bridgehead atoms. The predicted molar refractivity (Wildman–Crippen MR) is 80.1 cm³/mol. The molecule has 1 aromatic rings. The summed E-state index contributed by atoms with van der Waals surface area (Å²) >= 11 is 0. The lowest BCUT2D eigenvalue weighted by atomic mass is 9.90. The normalized spacial score (nSPS) is 13.1. The van der Waals surface area contributed by atoms with Gasteiger partial charge in [0.05, 0.1) is 12.7 Å². The molecule has 5 heteroatoms. The van der Waals surface area contributed by atoms with E-state index in [0.29, 0.717) is 12.4 Å². The molecule has 114 valence electrons. The van der Waals surface area contributed by atoms with Crippen LogP contribution < -0.4 is 14.8 Å². The number of nitriles is 1. The summed E-state index contributed by atoms with van der Waals surface area (Å²) in [4.78, 5) is 11.9. The Balaban J connectivity index is 2.51. The summed E-state index contributed by atoms with van der Waals surface area (Å²) in [5, 5.41) is 11.8. The first-order valence-electron chi connectivity index (χ1n) is 6.99. The summed E-state index contributed by atoms with van der Waals surface area (Å²) in [6.07, 6.45) is 0. The molecule has 21 heavy (non-hydrogen) atoms. The highest BCUT2D eigenvalue weighted by Crippen LogP contribution is 2.18. The molecule has 0 aliphatic heterocycles. The molecule has 0 aliphatic rings. The molecule has 0 aromatic heterocycles. The average molecular weight is 290 g/mol. The summed E-state index contributed by atoms with van der Waals surface area (Å²) < 4.78 is 10.7. The van der Waals surface area contributed by atoms with E-state index in [-0.39, 0.29) is 18.4 Å². The minimum Gasteiger partial charge on any atom is -0.494 e. The van der Waals surface area contributed by atoms with Crippen LogP contribution in [0.25, 0.3) is 0 Å². The summed E-state index contributed by atoms with van der Waals surface area (Å²) in [6, 6.07) is 9.17. The highest BCUT2D eigenvalue weighted by molar-refractivity contribution is 5.78. The van der Waals surface area contributed by atoms with Crippen LogP contribution in [-0.4, -0.2) is 24.7 Å². The molecule has 0 saturated carbocycles. The van der Waals surface area contributed by atoms with Crippen LogP contribution in [0.15, 0.2) is 24.3 Å². The van der Waals surface area contributed by atoms with Gasteiger partial charge in [-0.25, -0.2) is 0 Å². The van der Waals surface area contributed by atoms with Crippen LogP contribution in [0.5, 0.6) is 11.5 Å². The summed E-state index contributed by atoms with van der Waals surface area (Å²) in [5.74, 6) is 1.03. The van der Waals surface area contributed by atoms with E-state index < -0.39 is 5.54 Å². The topological polar surface area (TPSA) is 71.3 Å². The first-order chi connectivity index (χ1) is 9.91. The Labute approximate surface area is 125 Å². The van der Waals surface area contributed by atoms with Gasteiger partial charge in [0.2, 0.25) is 0 Å². The molecular formula is C16H22N2O3. The SMILES string of the molecule is CCOc1ccc(OCC(=O)NC(C)(C#N)C(C)C)cc1. The summed E-state index contributed by atoms with van der Waals surface area (Å²) in [7, 11) is 0. The third-order valence-electron chi connectivity index (χ3n) is 3.29. The minimum atomic E-state index is -0.890. The van der Waals surface area contributed by atoms with Gasteiger partial charge in [0.25, 0.3) is 5.91 Å². The monoisotopic (exact) mass is 290 g/mol. The quantitative estimate of drug-likeness (QED) is 0.837. The summed E-state index contributed by atoms with van der Waals surface area (Å²) in [6.45, 7) is 7.86. The van der Waals surface area contributed by atoms with Gasteiger partial charge in [0.15, 0.2) is 6.61 Å². The van der Waals surface area contributed by atoms with Gasteiger partial charge in [-0.2, -0.15) is 5.26 Å². The van der Waals surface area contributed by atoms with Gasteiger partial charge in [-0.3, -0.25) is 4.79 Å². The Hall–Kier alpha value is -2.22. The zero-order valence-corrected chi connectivity index (χ0v) is 13.0. The highest BCUT2D eigenvalue weighted by Gasteiger charge is 2.29. The minimum absolute atomic E-state index is 0.0110. The lowest BCUT2D eigenvalue weighted by molar-refractivity contribution is -0.124. The zero-order valence-electron chi connectivity index (χ0n) is 13.0. The second-order valence-electron chi connectivity index (χ2n) is 5.21. The number of benzene rings is 1. The maximum Gasteiger partial charge on any atom is 0.259 e. The highest BCUT2D eigenvalue weighted by atomic mass is 16.5. The van der Waals surface area contributed by atoms with Crippen LogP contribution in [0.3, 0.4) is 0 Å². The molecule has 5 nitrogen and oxygen atoms in total. The van der Waals surface area contributed by atoms with E-state index in [1.807, 2.05) is 20.8 Å². The van der Waals surface area contributed by atoms with Crippen LogP contribution in [-0.2, 0) is 4.79 Å². The van der Waals surface area contributed by atoms with E-state index >= 15 is 0 Å². The fraction of sp³-hybridized carbons (Fsp3) is 0.500. The van der Waals surface area contributed by atoms with Crippen molar-refractivity contribution in [1.82, 2.24) is 5.32 Å². The smallest absolute Gasteiger partial charge is 0.259 e. The Bertz CT molecular complexity index is 505. The molecule has 0 fully saturated rings. The van der Waals surface area contributed by atoms with E-state index in [1.54, 1.807) is 31.2 Å². The Morgan fingerprint density at radius 1 is 1.29 bits per heavy atom. The van der Waals surface area contributed by atoms with Crippen LogP contribution in [0.4, 0.5) is 0 Å². The van der Waals surface area contributed by atoms with Crippen molar-refractivity contribution in [3.05, 3.63) is 24.3 Å². The second-order valence-corrected chi connectivity index (χ2v) is 5.21. The van der Waals surface area contributed by atoms with Crippen molar-refractivity contribution in [3.8, 4) is 17.6 Å². The van der Waals surface area contributed by atoms with E-state index in [2.05, 4.69) is 11.4 Å². The lowest BCUT2D eigenvalue weighted by Gasteiger charge is -2.27. The molecule has 0 saturated heterocycles. The van der Waals surface area contributed by atoms with Crippen LogP contribution >= 0.6 is 0 Å². The molecule has 1 amide bonds. The third kappa shape index (κ3) is 4.99. The number of nitrogens with zero attached hydrogens (tertiary/aromatic N) is 1. The van der Waals surface area contributed by atoms with E-state index in [0.717, 1.165) is 5.75 Å². The van der Waals surface area contributed by atoms with Crippen molar-refractivity contribution in [1.29, 1.82) is 5.26 Å². The largest absolute Gasteiger partial charge is 0.494 e. The second kappa shape index (κ2) is 7.53. The molecule has 1 unspecified atom stereocenters. The Kier molecular flexibility index (Phi) is 6.04. The number of hydrogen-bond acceptors (Lipinski definition) is 4. The zero-order chi connectivity index (χ0) is 15.9. The number of amides is 1. The third-order valence-corrected chi connectivity index (χ3v) is 3.29. The number of rotatable bonds is 7. The van der Waals surface area contributed by atoms with Crippen LogP contribution in [0, 0.1) is 17.2 Å². The van der Waals surface area contributed by atoms with Gasteiger partial charge in [-0.15, -0.1) is 0 Å². The molecule has 0 spiro atoms. The van der Waals surface area contributed by atoms with Gasteiger partial charge in [0, 0.05) is 0 Å². The molecule has 1 N–H and O–H groups in total. The molecule has 0 aliphatic carbocycles. The van der Waals surface area contributed by atoms with Gasteiger partial charge in [-0.05, 0) is 44.0 Å². The van der Waals surface area contributed by atoms with Crippen molar-refractivity contribution in [3.63, 3.8) is 0 Å². The molecule has 0 radical (unpaired) electrons. The number of hydrogen-bond donors (Lipinski definition) is 1.